The average Bonchev–Trinajstić information content (AvgIpc) is 2.11. The van der Waals surface area contributed by atoms with Crippen LogP contribution in [0.5, 0.6) is 0 Å². The molecule has 0 spiro atoms. The lowest BCUT2D eigenvalue weighted by atomic mass is 10.0. The molecule has 1 N–H and O–H groups in total. The van der Waals surface area contributed by atoms with Crippen LogP contribution in [-0.4, -0.2) is 41.5 Å². The molecule has 1 aromatic rings. The lowest BCUT2D eigenvalue weighted by Crippen LogP contribution is -2.46. The lowest BCUT2D eigenvalue weighted by Gasteiger charge is -2.36. The molecule has 14 heavy (non-hydrogen) atoms. The van der Waals surface area contributed by atoms with Gasteiger partial charge in [-0.3, -0.25) is 0 Å². The first-order valence-corrected chi connectivity index (χ1v) is 5.03. The summed E-state index contributed by atoms with van der Waals surface area (Å²) in [4.78, 5) is 10.2. The highest BCUT2D eigenvalue weighted by Gasteiger charge is 2.22. The maximum Gasteiger partial charge on any atom is 0.224 e. The zero-order valence-electron chi connectivity index (χ0n) is 8.07. The maximum atomic E-state index is 5.66. The van der Waals surface area contributed by atoms with Crippen LogP contribution in [0.2, 0.25) is 5.28 Å². The van der Waals surface area contributed by atoms with Crippen molar-refractivity contribution in [3.05, 3.63) is 17.5 Å². The Morgan fingerprint density at radius 3 is 3.07 bits per heavy atom. The minimum Gasteiger partial charge on any atom is -0.370 e. The van der Waals surface area contributed by atoms with Crippen LogP contribution in [0.3, 0.4) is 0 Å². The van der Waals surface area contributed by atoms with Crippen LogP contribution in [0.25, 0.3) is 0 Å². The monoisotopic (exact) mass is 212 g/mol. The fourth-order valence-corrected chi connectivity index (χ4v) is 1.79. The van der Waals surface area contributed by atoms with Crippen molar-refractivity contribution in [1.82, 2.24) is 14.9 Å². The number of hydrogen-bond acceptors (Lipinski definition) is 4. The van der Waals surface area contributed by atoms with Crippen molar-refractivity contribution < 1.29 is 0 Å². The Morgan fingerprint density at radius 1 is 1.64 bits per heavy atom. The van der Waals surface area contributed by atoms with E-state index in [2.05, 4.69) is 27.2 Å². The molecule has 0 amide bonds. The minimum absolute atomic E-state index is 0.292. The number of hydrogen-bond donors (Lipinski definition) is 1. The summed E-state index contributed by atoms with van der Waals surface area (Å²) in [7, 11) is 2.12. The van der Waals surface area contributed by atoms with Crippen molar-refractivity contribution in [2.24, 2.45) is 5.92 Å². The van der Waals surface area contributed by atoms with E-state index in [0.29, 0.717) is 5.28 Å². The number of anilines is 1. The Kier molecular flexibility index (Phi) is 2.84. The summed E-state index contributed by atoms with van der Waals surface area (Å²) < 4.78 is 0. The summed E-state index contributed by atoms with van der Waals surface area (Å²) in [5.74, 6) is 1.54. The summed E-state index contributed by atoms with van der Waals surface area (Å²) in [5.41, 5.74) is 0. The molecule has 0 aliphatic carbocycles. The maximum absolute atomic E-state index is 5.66. The highest BCUT2D eigenvalue weighted by Crippen LogP contribution is 2.13. The molecule has 1 aliphatic heterocycles. The van der Waals surface area contributed by atoms with Crippen molar-refractivity contribution in [2.45, 2.75) is 0 Å². The van der Waals surface area contributed by atoms with E-state index in [1.807, 2.05) is 6.07 Å². The van der Waals surface area contributed by atoms with Crippen molar-refractivity contribution in [3.63, 3.8) is 0 Å². The van der Waals surface area contributed by atoms with Gasteiger partial charge in [-0.05, 0) is 24.7 Å². The van der Waals surface area contributed by atoms with Gasteiger partial charge in [0.2, 0.25) is 5.28 Å². The third-order valence-electron chi connectivity index (χ3n) is 2.34. The van der Waals surface area contributed by atoms with Crippen LogP contribution < -0.4 is 5.32 Å². The third-order valence-corrected chi connectivity index (χ3v) is 2.52. The second-order valence-corrected chi connectivity index (χ2v) is 4.02. The zero-order valence-corrected chi connectivity index (χ0v) is 8.83. The molecule has 76 valence electrons. The van der Waals surface area contributed by atoms with E-state index < -0.39 is 0 Å². The van der Waals surface area contributed by atoms with Gasteiger partial charge in [0.05, 0.1) is 0 Å². The van der Waals surface area contributed by atoms with Gasteiger partial charge >= 0.3 is 0 Å². The van der Waals surface area contributed by atoms with Gasteiger partial charge in [0.15, 0.2) is 0 Å². The second kappa shape index (κ2) is 4.11. The van der Waals surface area contributed by atoms with Crippen molar-refractivity contribution in [3.8, 4) is 0 Å². The van der Waals surface area contributed by atoms with Crippen molar-refractivity contribution in [2.75, 3.05) is 32.0 Å². The zero-order chi connectivity index (χ0) is 9.97. The molecule has 0 aromatic carbocycles. The van der Waals surface area contributed by atoms with Gasteiger partial charge in [-0.1, -0.05) is 0 Å². The molecule has 0 unspecified atom stereocenters. The molecule has 2 heterocycles. The van der Waals surface area contributed by atoms with Crippen LogP contribution in [0.15, 0.2) is 12.3 Å². The Labute approximate surface area is 88.3 Å². The molecule has 1 saturated heterocycles. The third kappa shape index (κ3) is 2.33. The number of nitrogens with one attached hydrogen (secondary N) is 1. The summed E-state index contributed by atoms with van der Waals surface area (Å²) in [6.07, 6.45) is 1.66. The quantitative estimate of drug-likeness (QED) is 0.762. The van der Waals surface area contributed by atoms with E-state index in [1.54, 1.807) is 6.20 Å². The van der Waals surface area contributed by atoms with E-state index in [4.69, 9.17) is 11.6 Å². The Morgan fingerprint density at radius 2 is 2.43 bits per heavy atom. The minimum atomic E-state index is 0.292. The smallest absolute Gasteiger partial charge is 0.224 e. The Hall–Kier alpha value is -0.870. The van der Waals surface area contributed by atoms with Crippen LogP contribution in [0.4, 0.5) is 5.82 Å². The van der Waals surface area contributed by atoms with Gasteiger partial charge in [-0.15, -0.1) is 0 Å². The number of likely N-dealkylation sites (tertiary alicyclic amines) is 1. The molecule has 2 rings (SSSR count). The summed E-state index contributed by atoms with van der Waals surface area (Å²) in [6, 6.07) is 1.83. The average molecular weight is 213 g/mol. The van der Waals surface area contributed by atoms with Gasteiger partial charge < -0.3 is 10.2 Å². The van der Waals surface area contributed by atoms with E-state index in [-0.39, 0.29) is 0 Å². The first-order chi connectivity index (χ1) is 6.74. The molecule has 1 aliphatic rings. The summed E-state index contributed by atoms with van der Waals surface area (Å²) >= 11 is 5.66. The van der Waals surface area contributed by atoms with E-state index in [9.17, 15) is 0 Å². The standard InChI is InChI=1S/C9H13ClN4/c1-14-5-7(6-14)4-12-8-2-3-11-9(10)13-8/h2-3,7H,4-6H2,1H3,(H,11,12,13). The Bertz CT molecular complexity index is 311. The SMILES string of the molecule is CN1CC(CNc2ccnc(Cl)n2)C1. The van der Waals surface area contributed by atoms with Crippen LogP contribution >= 0.6 is 11.6 Å². The Balaban J connectivity index is 1.80. The van der Waals surface area contributed by atoms with Crippen molar-refractivity contribution >= 4 is 17.4 Å². The topological polar surface area (TPSA) is 41.0 Å². The van der Waals surface area contributed by atoms with Gasteiger partial charge in [0.25, 0.3) is 0 Å². The lowest BCUT2D eigenvalue weighted by molar-refractivity contribution is 0.144. The number of nitrogens with zero attached hydrogens (tertiary/aromatic N) is 3. The van der Waals surface area contributed by atoms with Crippen LogP contribution in [-0.2, 0) is 0 Å². The molecule has 5 heteroatoms. The number of aromatic nitrogens is 2. The molecule has 0 bridgehead atoms. The fourth-order valence-electron chi connectivity index (χ4n) is 1.64. The first-order valence-electron chi connectivity index (χ1n) is 4.65. The van der Waals surface area contributed by atoms with Crippen LogP contribution in [0.1, 0.15) is 0 Å². The van der Waals surface area contributed by atoms with Gasteiger partial charge in [-0.2, -0.15) is 0 Å². The summed E-state index contributed by atoms with van der Waals surface area (Å²) in [6.45, 7) is 3.27. The van der Waals surface area contributed by atoms with Gasteiger partial charge in [0.1, 0.15) is 5.82 Å². The molecule has 0 radical (unpaired) electrons. The normalized spacial score (nSPS) is 17.9. The fraction of sp³-hybridized carbons (Fsp3) is 0.556. The largest absolute Gasteiger partial charge is 0.370 e. The predicted molar refractivity (Wildman–Crippen MR) is 56.5 cm³/mol. The van der Waals surface area contributed by atoms with E-state index in [1.165, 1.54) is 0 Å². The molecule has 1 fully saturated rings. The second-order valence-electron chi connectivity index (χ2n) is 3.68. The highest BCUT2D eigenvalue weighted by atomic mass is 35.5. The molecular weight excluding hydrogens is 200 g/mol. The molecule has 0 saturated carbocycles. The predicted octanol–water partition coefficient (Wildman–Crippen LogP) is 1.10. The molecular formula is C9H13ClN4. The van der Waals surface area contributed by atoms with Gasteiger partial charge in [0, 0.05) is 31.7 Å². The number of halogens is 1. The molecule has 1 aromatic heterocycles. The first kappa shape index (κ1) is 9.68. The molecule has 4 nitrogen and oxygen atoms in total. The van der Waals surface area contributed by atoms with Crippen LogP contribution in [0, 0.1) is 5.92 Å². The van der Waals surface area contributed by atoms with E-state index in [0.717, 1.165) is 31.4 Å². The molecule has 0 atom stereocenters. The van der Waals surface area contributed by atoms with Crippen molar-refractivity contribution in [1.29, 1.82) is 0 Å². The van der Waals surface area contributed by atoms with E-state index >= 15 is 0 Å². The number of rotatable bonds is 3. The highest BCUT2D eigenvalue weighted by molar-refractivity contribution is 6.28. The van der Waals surface area contributed by atoms with Gasteiger partial charge in [-0.25, -0.2) is 9.97 Å². The summed E-state index contributed by atoms with van der Waals surface area (Å²) in [5, 5.41) is 3.54.